The van der Waals surface area contributed by atoms with Gasteiger partial charge in [0, 0.05) is 261 Å². The number of hydrogen-bond donors (Lipinski definition) is 2. The molecule has 0 radical (unpaired) electrons. The zero-order valence-corrected chi connectivity index (χ0v) is 87.1. The van der Waals surface area contributed by atoms with Crippen molar-refractivity contribution >= 4 is 87.5 Å². The Labute approximate surface area is 871 Å². The molecule has 37 nitrogen and oxygen atoms in total. The molecule has 20 heterocycles. The van der Waals surface area contributed by atoms with Crippen molar-refractivity contribution in [2.75, 3.05) is 137 Å². The van der Waals surface area contributed by atoms with Crippen LogP contribution in [0.2, 0.25) is 0 Å². The average Bonchev–Trinajstić information content (AvgIpc) is 1.59. The van der Waals surface area contributed by atoms with Crippen molar-refractivity contribution < 1.29 is 62.1 Å². The van der Waals surface area contributed by atoms with E-state index in [0.29, 0.717) is 127 Å². The first-order valence-electron chi connectivity index (χ1n) is 52.6. The van der Waals surface area contributed by atoms with Gasteiger partial charge in [-0.3, -0.25) is 66.6 Å². The number of nitrogens with one attached hydrogen (secondary N) is 2. The molecular formula is C113H130N24O13. The second-order valence-electron chi connectivity index (χ2n) is 41.1. The van der Waals surface area contributed by atoms with Crippen LogP contribution in [-0.4, -0.2) is 244 Å². The summed E-state index contributed by atoms with van der Waals surface area (Å²) in [6, 6.07) is 37.1. The van der Waals surface area contributed by atoms with Gasteiger partial charge in [-0.2, -0.15) is 25.5 Å². The molecule has 4 saturated heterocycles. The van der Waals surface area contributed by atoms with Gasteiger partial charge in [0.2, 0.25) is 47.3 Å². The molecule has 24 rings (SSSR count). The molecule has 0 unspecified atom stereocenters. The van der Waals surface area contributed by atoms with Crippen molar-refractivity contribution in [2.45, 2.75) is 214 Å². The van der Waals surface area contributed by atoms with Crippen molar-refractivity contribution in [3.05, 3.63) is 235 Å². The SMILES string of the molecule is CC(=O)N1CCc2c(c(-c3cccc4c3CC(=O)N(c3ccc(N(C)C)nc3)C4)nn2C2CCOCC2)C1.CC(=O)N1CCc2c(c(-c3cccc4c3CC(=O)N(c3cnn(C)c3C)C4)nn2C2CCOCC2)C1.CNC(=O)c1ccc(N2Cc3cccc(-c4nn(C5CCOCC5)c5c4CN(C(C)=O)CC5)c3CC2=O)cn1.CNc1ccc(N2Cc3cccc(-c4nn(C5CCOCC5)c5c4CN(C(C)=O)CC5)c3CC2=O)cn1. The Balaban J connectivity index is 0.000000117. The molecule has 0 bridgehead atoms. The van der Waals surface area contributed by atoms with Gasteiger partial charge in [0.15, 0.2) is 0 Å². The number of rotatable bonds is 15. The van der Waals surface area contributed by atoms with Crippen molar-refractivity contribution in [1.29, 1.82) is 0 Å². The van der Waals surface area contributed by atoms with Gasteiger partial charge in [0.05, 0.1) is 152 Å². The van der Waals surface area contributed by atoms with Gasteiger partial charge in [-0.15, -0.1) is 0 Å². The number of anilines is 6. The Morgan fingerprint density at radius 1 is 0.360 bits per heavy atom. The molecule has 0 atom stereocenters. The zero-order valence-electron chi connectivity index (χ0n) is 87.1. The predicted molar refractivity (Wildman–Crippen MR) is 564 cm³/mol. The molecule has 0 spiro atoms. The van der Waals surface area contributed by atoms with Crippen molar-refractivity contribution in [1.82, 2.24) is 88.8 Å². The van der Waals surface area contributed by atoms with Gasteiger partial charge >= 0.3 is 0 Å². The number of fused-ring (bicyclic) bond motifs is 8. The quantitative estimate of drug-likeness (QED) is 0.0962. The molecule has 150 heavy (non-hydrogen) atoms. The van der Waals surface area contributed by atoms with Gasteiger partial charge in [-0.25, -0.2) is 15.0 Å². The third-order valence-corrected chi connectivity index (χ3v) is 32.1. The smallest absolute Gasteiger partial charge is 0.269 e. The summed E-state index contributed by atoms with van der Waals surface area (Å²) in [7, 11) is 9.17. The lowest BCUT2D eigenvalue weighted by Gasteiger charge is -2.30. The molecule has 12 aromatic rings. The molecular weight excluding hydrogens is 1900 g/mol. The van der Waals surface area contributed by atoms with Crippen LogP contribution in [0.5, 0.6) is 0 Å². The van der Waals surface area contributed by atoms with Crippen LogP contribution in [0, 0.1) is 6.92 Å². The maximum Gasteiger partial charge on any atom is 0.269 e. The van der Waals surface area contributed by atoms with E-state index in [9.17, 15) is 43.2 Å². The van der Waals surface area contributed by atoms with Crippen LogP contribution in [-0.2, 0) is 168 Å². The van der Waals surface area contributed by atoms with E-state index in [1.54, 1.807) is 86.1 Å². The van der Waals surface area contributed by atoms with Gasteiger partial charge in [0.25, 0.3) is 5.91 Å². The highest BCUT2D eigenvalue weighted by atomic mass is 16.5. The summed E-state index contributed by atoms with van der Waals surface area (Å²) in [5, 5.41) is 30.7. The number of nitrogens with zero attached hydrogens (tertiary/aromatic N) is 22. The Morgan fingerprint density at radius 2 is 0.667 bits per heavy atom. The van der Waals surface area contributed by atoms with E-state index in [1.807, 2.05) is 112 Å². The predicted octanol–water partition coefficient (Wildman–Crippen LogP) is 12.3. The maximum absolute atomic E-state index is 13.4. The lowest BCUT2D eigenvalue weighted by molar-refractivity contribution is -0.130. The second-order valence-corrected chi connectivity index (χ2v) is 41.1. The highest BCUT2D eigenvalue weighted by Crippen LogP contribution is 2.46. The molecule has 0 saturated carbocycles. The fourth-order valence-corrected chi connectivity index (χ4v) is 23.5. The Kier molecular flexibility index (Phi) is 29.2. The van der Waals surface area contributed by atoms with Crippen molar-refractivity contribution in [2.24, 2.45) is 7.05 Å². The molecule has 9 amide bonds. The minimum Gasteiger partial charge on any atom is -0.381 e. The Morgan fingerprint density at radius 3 is 0.933 bits per heavy atom. The van der Waals surface area contributed by atoms with E-state index in [0.717, 1.165) is 276 Å². The van der Waals surface area contributed by atoms with Crippen molar-refractivity contribution in [3.8, 4) is 45.0 Å². The van der Waals surface area contributed by atoms with E-state index in [4.69, 9.17) is 39.3 Å². The third kappa shape index (κ3) is 20.1. The fraction of sp³-hybridized carbons (Fsp3) is 0.442. The summed E-state index contributed by atoms with van der Waals surface area (Å²) in [5.41, 5.74) is 29.7. The molecule has 12 aliphatic heterocycles. The van der Waals surface area contributed by atoms with Crippen LogP contribution in [0.15, 0.2) is 134 Å². The molecule has 8 aromatic heterocycles. The summed E-state index contributed by atoms with van der Waals surface area (Å²) in [6.45, 7) is 21.3. The van der Waals surface area contributed by atoms with E-state index in [2.05, 4.69) is 104 Å². The summed E-state index contributed by atoms with van der Waals surface area (Å²) in [6.07, 6.45) is 18.6. The topological polar surface area (TPSA) is 372 Å². The molecule has 12 aliphatic rings. The standard InChI is InChI=1S/C29H32N6O4.C29H34N6O3.C28H32N6O3.C27H32N6O3/c1-18(36)33-11-8-26-24(17-33)28(32-35(26)20-9-12-39-13-10-20)22-5-3-4-19-16-34(27(37)14-23(19)22)21-6-7-25(31-15-21)29(38)30-2;1-19(36)33-12-9-26-25(18-33)29(31-35(26)21-10-13-38-14-11-21)23-6-4-5-20-17-34(28(37)15-24(20)23)22-7-8-27(30-16-22)32(2)3;1-18(35)32-11-8-25-24(17-32)28(31-34(25)20-9-12-37-13-10-20)22-5-3-4-19-16-33(27(36)14-23(19)22)21-6-7-26(29-2)30-15-21;1-17-25(14-28-30(17)3)32-15-19-5-4-6-21(22(19)13-26(32)35)27-23-16-31(18(2)34)10-7-24(23)33(29-27)20-8-11-36-12-9-20/h3-7,15,20H,8-14,16-17H2,1-2H3,(H,30,38);4-8,16,21H,9-15,17-18H2,1-3H3;3-7,15,20H,8-14,16-17H2,1-2H3,(H,29,30);4-6,14,20H,7-13,15-16H2,1-3H3. The molecule has 0 aliphatic carbocycles. The number of aromatic nitrogens is 13. The van der Waals surface area contributed by atoms with Gasteiger partial charge in [0.1, 0.15) is 17.3 Å². The molecule has 37 heteroatoms. The highest BCUT2D eigenvalue weighted by Gasteiger charge is 2.42. The summed E-state index contributed by atoms with van der Waals surface area (Å²) in [5.74, 6) is 1.76. The summed E-state index contributed by atoms with van der Waals surface area (Å²) < 4.78 is 33.0. The normalized spacial score (nSPS) is 17.9. The Hall–Kier alpha value is -15.0. The van der Waals surface area contributed by atoms with Crippen LogP contribution in [0.25, 0.3) is 45.0 Å². The van der Waals surface area contributed by atoms with E-state index in [-0.39, 0.29) is 65.6 Å². The van der Waals surface area contributed by atoms with Crippen LogP contribution in [0.4, 0.5) is 34.4 Å². The number of benzene rings is 4. The summed E-state index contributed by atoms with van der Waals surface area (Å²) in [4.78, 5) is 144. The number of pyridine rings is 3. The first-order chi connectivity index (χ1) is 72.8. The largest absolute Gasteiger partial charge is 0.381 e. The van der Waals surface area contributed by atoms with Crippen LogP contribution in [0.3, 0.4) is 0 Å². The number of ether oxygens (including phenoxy) is 4. The lowest BCUT2D eigenvalue weighted by Crippen LogP contribution is -2.37. The fourth-order valence-electron chi connectivity index (χ4n) is 23.5. The second kappa shape index (κ2) is 43.3. The zero-order chi connectivity index (χ0) is 104. The molecule has 4 aromatic carbocycles. The van der Waals surface area contributed by atoms with Crippen molar-refractivity contribution in [3.63, 3.8) is 0 Å². The first kappa shape index (κ1) is 101. The van der Waals surface area contributed by atoms with Crippen LogP contribution < -0.4 is 35.1 Å². The van der Waals surface area contributed by atoms with Gasteiger partial charge in [-0.1, -0.05) is 72.8 Å². The third-order valence-electron chi connectivity index (χ3n) is 32.1. The maximum atomic E-state index is 13.4. The monoisotopic (exact) mass is 2030 g/mol. The number of carbonyl (C=O) groups is 9. The minimum atomic E-state index is -0.270. The van der Waals surface area contributed by atoms with Crippen LogP contribution in [0.1, 0.15) is 209 Å². The summed E-state index contributed by atoms with van der Waals surface area (Å²) >= 11 is 0. The number of amides is 9. The lowest BCUT2D eigenvalue weighted by atomic mass is 9.90. The molecule has 780 valence electrons. The van der Waals surface area contributed by atoms with E-state index in [1.165, 1.54) is 22.8 Å². The highest BCUT2D eigenvalue weighted by molar-refractivity contribution is 6.02. The minimum absolute atomic E-state index is 0.0347. The number of aryl methyl sites for hydroxylation is 1. The number of carbonyl (C=O) groups excluding carboxylic acids is 9. The molecule has 2 N–H and O–H groups in total. The Bertz CT molecular complexity index is 7190. The van der Waals surface area contributed by atoms with E-state index >= 15 is 0 Å². The molecule has 4 fully saturated rings. The van der Waals surface area contributed by atoms with Gasteiger partial charge in [-0.05, 0) is 139 Å². The van der Waals surface area contributed by atoms with E-state index < -0.39 is 0 Å². The van der Waals surface area contributed by atoms with Crippen LogP contribution >= 0.6 is 0 Å². The first-order valence-corrected chi connectivity index (χ1v) is 52.6. The number of hydrogen-bond acceptors (Lipinski definition) is 23. The average molecular weight is 2030 g/mol. The van der Waals surface area contributed by atoms with Gasteiger partial charge < -0.3 is 73.7 Å².